The molecule has 4 nitrogen and oxygen atoms in total. The Bertz CT molecular complexity index is 375. The predicted octanol–water partition coefficient (Wildman–Crippen LogP) is 2.20. The van der Waals surface area contributed by atoms with Crippen LogP contribution in [-0.4, -0.2) is 16.5 Å². The van der Waals surface area contributed by atoms with Crippen LogP contribution in [0.25, 0.3) is 0 Å². The summed E-state index contributed by atoms with van der Waals surface area (Å²) >= 11 is 0. The van der Waals surface area contributed by atoms with E-state index in [9.17, 15) is 0 Å². The fourth-order valence-electron chi connectivity index (χ4n) is 1.52. The molecule has 0 atom stereocenters. The van der Waals surface area contributed by atoms with E-state index in [1.807, 2.05) is 6.92 Å². The molecule has 1 rings (SSSR count). The van der Waals surface area contributed by atoms with Crippen LogP contribution >= 0.6 is 0 Å². The molecule has 0 saturated carbocycles. The van der Waals surface area contributed by atoms with Crippen LogP contribution in [-0.2, 0) is 6.54 Å². The number of aryl methyl sites for hydroxylation is 1. The van der Waals surface area contributed by atoms with Crippen molar-refractivity contribution in [2.75, 3.05) is 6.54 Å². The lowest BCUT2D eigenvalue weighted by Gasteiger charge is -2.23. The van der Waals surface area contributed by atoms with Crippen molar-refractivity contribution in [2.45, 2.75) is 40.2 Å². The number of hydrogen-bond donors (Lipinski definition) is 1. The van der Waals surface area contributed by atoms with Crippen molar-refractivity contribution in [3.05, 3.63) is 23.8 Å². The Morgan fingerprint density at radius 1 is 1.35 bits per heavy atom. The van der Waals surface area contributed by atoms with Crippen molar-refractivity contribution in [2.24, 2.45) is 5.41 Å². The van der Waals surface area contributed by atoms with Crippen LogP contribution in [0.1, 0.15) is 38.1 Å². The topological polar surface area (TPSA) is 61.6 Å². The first-order valence-electron chi connectivity index (χ1n) is 5.89. The average Bonchev–Trinajstić information content (AvgIpc) is 2.29. The van der Waals surface area contributed by atoms with Gasteiger partial charge in [-0.1, -0.05) is 13.8 Å². The van der Waals surface area contributed by atoms with Gasteiger partial charge in [-0.15, -0.1) is 0 Å². The van der Waals surface area contributed by atoms with Crippen molar-refractivity contribution < 1.29 is 0 Å². The quantitative estimate of drug-likeness (QED) is 0.816. The highest BCUT2D eigenvalue weighted by molar-refractivity contribution is 5.00. The molecule has 0 fully saturated rings. The monoisotopic (exact) mass is 232 g/mol. The van der Waals surface area contributed by atoms with E-state index in [1.54, 1.807) is 12.4 Å². The average molecular weight is 232 g/mol. The molecule has 92 valence electrons. The van der Waals surface area contributed by atoms with Crippen LogP contribution in [0.4, 0.5) is 0 Å². The minimum Gasteiger partial charge on any atom is -0.311 e. The molecule has 0 aliphatic heterocycles. The molecule has 0 saturated heterocycles. The van der Waals surface area contributed by atoms with Gasteiger partial charge in [0, 0.05) is 31.9 Å². The third kappa shape index (κ3) is 5.41. The van der Waals surface area contributed by atoms with Gasteiger partial charge in [-0.05, 0) is 18.8 Å². The van der Waals surface area contributed by atoms with E-state index in [-0.39, 0.29) is 5.41 Å². The fourth-order valence-corrected chi connectivity index (χ4v) is 1.52. The second-order valence-corrected chi connectivity index (χ2v) is 5.07. The third-order valence-electron chi connectivity index (χ3n) is 2.66. The van der Waals surface area contributed by atoms with Crippen LogP contribution < -0.4 is 5.32 Å². The lowest BCUT2D eigenvalue weighted by Crippen LogP contribution is -2.29. The molecule has 0 bridgehead atoms. The Balaban J connectivity index is 2.32. The summed E-state index contributed by atoms with van der Waals surface area (Å²) in [6.45, 7) is 7.86. The molecular formula is C13H20N4. The highest BCUT2D eigenvalue weighted by Gasteiger charge is 2.16. The van der Waals surface area contributed by atoms with E-state index < -0.39 is 0 Å². The van der Waals surface area contributed by atoms with Gasteiger partial charge in [-0.2, -0.15) is 5.26 Å². The zero-order valence-electron chi connectivity index (χ0n) is 10.8. The van der Waals surface area contributed by atoms with Crippen LogP contribution in [0.15, 0.2) is 12.4 Å². The van der Waals surface area contributed by atoms with E-state index in [4.69, 9.17) is 5.26 Å². The molecule has 17 heavy (non-hydrogen) atoms. The molecule has 0 radical (unpaired) electrons. The largest absolute Gasteiger partial charge is 0.311 e. The number of rotatable bonds is 6. The van der Waals surface area contributed by atoms with E-state index in [0.29, 0.717) is 6.42 Å². The Hall–Kier alpha value is -1.47. The normalized spacial score (nSPS) is 11.2. The van der Waals surface area contributed by atoms with Gasteiger partial charge in [0.25, 0.3) is 0 Å². The maximum atomic E-state index is 8.57. The van der Waals surface area contributed by atoms with Gasteiger partial charge >= 0.3 is 0 Å². The third-order valence-corrected chi connectivity index (χ3v) is 2.66. The van der Waals surface area contributed by atoms with E-state index in [2.05, 4.69) is 35.2 Å². The van der Waals surface area contributed by atoms with Crippen LogP contribution in [0.2, 0.25) is 0 Å². The number of nitriles is 1. The maximum Gasteiger partial charge on any atom is 0.0724 e. The number of nitrogens with one attached hydrogen (secondary N) is 1. The zero-order valence-corrected chi connectivity index (χ0v) is 10.8. The van der Waals surface area contributed by atoms with E-state index >= 15 is 0 Å². The summed E-state index contributed by atoms with van der Waals surface area (Å²) in [5.41, 5.74) is 2.03. The highest BCUT2D eigenvalue weighted by Crippen LogP contribution is 2.20. The molecule has 1 heterocycles. The summed E-state index contributed by atoms with van der Waals surface area (Å²) < 4.78 is 0. The van der Waals surface area contributed by atoms with Gasteiger partial charge in [0.1, 0.15) is 0 Å². The second kappa shape index (κ2) is 6.31. The van der Waals surface area contributed by atoms with Crippen molar-refractivity contribution >= 4 is 0 Å². The number of nitrogens with zero attached hydrogens (tertiary/aromatic N) is 3. The van der Waals surface area contributed by atoms with Crippen molar-refractivity contribution in [1.29, 1.82) is 5.26 Å². The molecule has 0 unspecified atom stereocenters. The molecule has 0 spiro atoms. The lowest BCUT2D eigenvalue weighted by atomic mass is 9.88. The van der Waals surface area contributed by atoms with E-state index in [0.717, 1.165) is 30.9 Å². The van der Waals surface area contributed by atoms with Gasteiger partial charge in [-0.3, -0.25) is 9.97 Å². The summed E-state index contributed by atoms with van der Waals surface area (Å²) in [5.74, 6) is 0. The van der Waals surface area contributed by atoms with E-state index in [1.165, 1.54) is 0 Å². The van der Waals surface area contributed by atoms with Crippen LogP contribution in [0, 0.1) is 23.7 Å². The van der Waals surface area contributed by atoms with Gasteiger partial charge in [0.2, 0.25) is 0 Å². The van der Waals surface area contributed by atoms with Gasteiger partial charge in [-0.25, -0.2) is 0 Å². The Morgan fingerprint density at radius 3 is 2.71 bits per heavy atom. The standard InChI is InChI=1S/C13H20N4/c1-11-7-17-12(9-16-11)8-15-10-13(2,3)5-4-6-14/h7,9,15H,4-5,8,10H2,1-3H3. The van der Waals surface area contributed by atoms with Crippen molar-refractivity contribution in [3.63, 3.8) is 0 Å². The van der Waals surface area contributed by atoms with Crippen molar-refractivity contribution in [1.82, 2.24) is 15.3 Å². The Morgan fingerprint density at radius 2 is 2.12 bits per heavy atom. The molecule has 1 aromatic heterocycles. The Kier molecular flexibility index (Phi) is 5.05. The SMILES string of the molecule is Cc1cnc(CNCC(C)(C)CCC#N)cn1. The maximum absolute atomic E-state index is 8.57. The molecule has 1 aromatic rings. The first-order valence-corrected chi connectivity index (χ1v) is 5.89. The highest BCUT2D eigenvalue weighted by atomic mass is 14.9. The number of aromatic nitrogens is 2. The second-order valence-electron chi connectivity index (χ2n) is 5.07. The molecule has 0 aliphatic carbocycles. The minimum absolute atomic E-state index is 0.147. The molecule has 0 amide bonds. The first-order chi connectivity index (χ1) is 8.03. The van der Waals surface area contributed by atoms with Gasteiger partial charge in [0.05, 0.1) is 17.5 Å². The molecule has 0 aromatic carbocycles. The summed E-state index contributed by atoms with van der Waals surface area (Å²) in [7, 11) is 0. The number of hydrogen-bond acceptors (Lipinski definition) is 4. The summed E-state index contributed by atoms with van der Waals surface area (Å²) in [4.78, 5) is 8.48. The lowest BCUT2D eigenvalue weighted by molar-refractivity contribution is 0.317. The molecule has 1 N–H and O–H groups in total. The smallest absolute Gasteiger partial charge is 0.0724 e. The zero-order chi connectivity index (χ0) is 12.7. The van der Waals surface area contributed by atoms with Gasteiger partial charge < -0.3 is 5.32 Å². The summed E-state index contributed by atoms with van der Waals surface area (Å²) in [5, 5.41) is 11.9. The predicted molar refractivity (Wildman–Crippen MR) is 67.1 cm³/mol. The van der Waals surface area contributed by atoms with Crippen LogP contribution in [0.5, 0.6) is 0 Å². The summed E-state index contributed by atoms with van der Waals surface area (Å²) in [6.07, 6.45) is 5.09. The molecular weight excluding hydrogens is 212 g/mol. The summed E-state index contributed by atoms with van der Waals surface area (Å²) in [6, 6.07) is 2.19. The molecule has 0 aliphatic rings. The van der Waals surface area contributed by atoms with Crippen molar-refractivity contribution in [3.8, 4) is 6.07 Å². The minimum atomic E-state index is 0.147. The fraction of sp³-hybridized carbons (Fsp3) is 0.615. The molecule has 4 heteroatoms. The van der Waals surface area contributed by atoms with Crippen LogP contribution in [0.3, 0.4) is 0 Å². The first kappa shape index (κ1) is 13.6. The Labute approximate surface area is 103 Å². The van der Waals surface area contributed by atoms with Gasteiger partial charge in [0.15, 0.2) is 0 Å².